The largest absolute Gasteiger partial charge is 0.347 e. The molecule has 2 atom stereocenters. The Morgan fingerprint density at radius 2 is 2.04 bits per heavy atom. The number of anilines is 1. The molecule has 0 aromatic carbocycles. The van der Waals surface area contributed by atoms with Crippen LogP contribution in [0.15, 0.2) is 18.7 Å². The predicted octanol–water partition coefficient (Wildman–Crippen LogP) is -0.576. The maximum Gasteiger partial charge on any atom is 0.241 e. The molecular formula is C15H19N5O3. The maximum absolute atomic E-state index is 12.7. The molecule has 8 nitrogen and oxygen atoms in total. The maximum atomic E-state index is 12.7. The Morgan fingerprint density at radius 1 is 1.30 bits per heavy atom. The molecule has 1 aromatic heterocycles. The third-order valence-electron chi connectivity index (χ3n) is 4.45. The van der Waals surface area contributed by atoms with Crippen LogP contribution in [0.3, 0.4) is 0 Å². The first-order valence-corrected chi connectivity index (χ1v) is 7.65. The van der Waals surface area contributed by atoms with Gasteiger partial charge in [0.25, 0.3) is 0 Å². The number of hydrogen-bond donors (Lipinski definition) is 1. The number of nitrogens with one attached hydrogen (secondary N) is 1. The van der Waals surface area contributed by atoms with Crippen LogP contribution in [-0.4, -0.2) is 58.8 Å². The van der Waals surface area contributed by atoms with E-state index in [1.54, 1.807) is 22.2 Å². The van der Waals surface area contributed by atoms with Gasteiger partial charge in [0.15, 0.2) is 0 Å². The van der Waals surface area contributed by atoms with E-state index in [9.17, 15) is 14.4 Å². The fourth-order valence-electron chi connectivity index (χ4n) is 3.25. The Bertz CT molecular complexity index is 621. The first kappa shape index (κ1) is 15.4. The Morgan fingerprint density at radius 3 is 2.74 bits per heavy atom. The van der Waals surface area contributed by atoms with Crippen molar-refractivity contribution >= 4 is 23.4 Å². The van der Waals surface area contributed by atoms with Crippen molar-refractivity contribution in [1.82, 2.24) is 20.2 Å². The molecule has 2 saturated heterocycles. The van der Waals surface area contributed by atoms with Crippen LogP contribution < -0.4 is 10.2 Å². The zero-order chi connectivity index (χ0) is 16.4. The molecule has 0 radical (unpaired) electrons. The van der Waals surface area contributed by atoms with Crippen LogP contribution in [0.1, 0.15) is 13.3 Å². The molecule has 1 N–H and O–H groups in total. The number of nitrogens with zero attached hydrogens (tertiary/aromatic N) is 4. The van der Waals surface area contributed by atoms with Gasteiger partial charge in [0.05, 0.1) is 30.5 Å². The van der Waals surface area contributed by atoms with Crippen LogP contribution in [0.4, 0.5) is 5.69 Å². The van der Waals surface area contributed by atoms with E-state index < -0.39 is 0 Å². The third-order valence-corrected chi connectivity index (χ3v) is 4.45. The van der Waals surface area contributed by atoms with E-state index in [-0.39, 0.29) is 36.1 Å². The monoisotopic (exact) mass is 317 g/mol. The lowest BCUT2D eigenvalue weighted by Crippen LogP contribution is -2.45. The average Bonchev–Trinajstić information content (AvgIpc) is 2.99. The van der Waals surface area contributed by atoms with Crippen molar-refractivity contribution in [2.45, 2.75) is 13.3 Å². The van der Waals surface area contributed by atoms with Gasteiger partial charge >= 0.3 is 0 Å². The van der Waals surface area contributed by atoms with Crippen LogP contribution in [0, 0.1) is 11.8 Å². The summed E-state index contributed by atoms with van der Waals surface area (Å²) < 4.78 is 0. The summed E-state index contributed by atoms with van der Waals surface area (Å²) in [6.45, 7) is 2.96. The number of rotatable bonds is 3. The molecule has 2 fully saturated rings. The van der Waals surface area contributed by atoms with Gasteiger partial charge in [0.2, 0.25) is 17.7 Å². The minimum Gasteiger partial charge on any atom is -0.347 e. The number of fused-ring (bicyclic) bond motifs is 1. The third kappa shape index (κ3) is 3.15. The molecular weight excluding hydrogens is 298 g/mol. The summed E-state index contributed by atoms with van der Waals surface area (Å²) in [7, 11) is 0. The van der Waals surface area contributed by atoms with Gasteiger partial charge in [-0.05, 0) is 12.3 Å². The minimum absolute atomic E-state index is 0.0147. The number of amides is 3. The Kier molecular flexibility index (Phi) is 4.22. The molecule has 3 rings (SSSR count). The van der Waals surface area contributed by atoms with Gasteiger partial charge in [0.1, 0.15) is 6.33 Å². The van der Waals surface area contributed by atoms with Crippen LogP contribution in [-0.2, 0) is 14.4 Å². The van der Waals surface area contributed by atoms with E-state index in [1.807, 2.05) is 0 Å². The molecule has 122 valence electrons. The highest BCUT2D eigenvalue weighted by atomic mass is 16.2. The fourth-order valence-corrected chi connectivity index (χ4v) is 3.25. The molecule has 0 saturated carbocycles. The molecule has 2 aliphatic rings. The number of carbonyl (C=O) groups excluding carboxylic acids is 3. The number of carbonyl (C=O) groups is 3. The van der Waals surface area contributed by atoms with E-state index in [0.717, 1.165) is 6.42 Å². The highest BCUT2D eigenvalue weighted by Crippen LogP contribution is 2.33. The highest BCUT2D eigenvalue weighted by molar-refractivity contribution is 5.96. The summed E-state index contributed by atoms with van der Waals surface area (Å²) in [4.78, 5) is 47.0. The van der Waals surface area contributed by atoms with Crippen LogP contribution in [0.5, 0.6) is 0 Å². The molecule has 23 heavy (non-hydrogen) atoms. The molecule has 2 unspecified atom stereocenters. The summed E-state index contributed by atoms with van der Waals surface area (Å²) in [5.41, 5.74) is 0.693. The van der Waals surface area contributed by atoms with Crippen LogP contribution in [0.2, 0.25) is 0 Å². The second kappa shape index (κ2) is 6.31. The number of aromatic nitrogens is 2. The SMILES string of the molecule is CC(=O)NCC(=O)N1CC2CCN(c3cncnc3)C(=O)C2C1. The van der Waals surface area contributed by atoms with Gasteiger partial charge < -0.3 is 15.1 Å². The Balaban J connectivity index is 1.66. The fraction of sp³-hybridized carbons (Fsp3) is 0.533. The topological polar surface area (TPSA) is 95.5 Å². The average molecular weight is 317 g/mol. The quantitative estimate of drug-likeness (QED) is 0.805. The van der Waals surface area contributed by atoms with Crippen molar-refractivity contribution in [1.29, 1.82) is 0 Å². The lowest BCUT2D eigenvalue weighted by molar-refractivity contribution is -0.132. The van der Waals surface area contributed by atoms with E-state index in [2.05, 4.69) is 15.3 Å². The molecule has 2 aliphatic heterocycles. The molecule has 8 heteroatoms. The molecule has 0 spiro atoms. The van der Waals surface area contributed by atoms with E-state index in [1.165, 1.54) is 13.3 Å². The van der Waals surface area contributed by atoms with Gasteiger partial charge in [-0.3, -0.25) is 14.4 Å². The lowest BCUT2D eigenvalue weighted by atomic mass is 9.88. The van der Waals surface area contributed by atoms with E-state index in [0.29, 0.717) is 25.3 Å². The van der Waals surface area contributed by atoms with Gasteiger partial charge in [-0.15, -0.1) is 0 Å². The molecule has 3 heterocycles. The van der Waals surface area contributed by atoms with Gasteiger partial charge in [0, 0.05) is 26.6 Å². The molecule has 0 bridgehead atoms. The van der Waals surface area contributed by atoms with Crippen molar-refractivity contribution in [3.63, 3.8) is 0 Å². The highest BCUT2D eigenvalue weighted by Gasteiger charge is 2.44. The standard InChI is InChI=1S/C15H19N5O3/c1-10(21)18-6-14(22)19-7-11-2-3-20(15(23)13(11)8-19)12-4-16-9-17-5-12/h4-5,9,11,13H,2-3,6-8H2,1H3,(H,18,21). The van der Waals surface area contributed by atoms with Crippen molar-refractivity contribution in [3.8, 4) is 0 Å². The summed E-state index contributed by atoms with van der Waals surface area (Å²) in [5, 5.41) is 2.51. The summed E-state index contributed by atoms with van der Waals surface area (Å²) >= 11 is 0. The lowest BCUT2D eigenvalue weighted by Gasteiger charge is -2.33. The number of hydrogen-bond acceptors (Lipinski definition) is 5. The first-order valence-electron chi connectivity index (χ1n) is 7.65. The van der Waals surface area contributed by atoms with Crippen molar-refractivity contribution in [3.05, 3.63) is 18.7 Å². The summed E-state index contributed by atoms with van der Waals surface area (Å²) in [6.07, 6.45) is 5.52. The number of likely N-dealkylation sites (tertiary alicyclic amines) is 1. The van der Waals surface area contributed by atoms with Crippen molar-refractivity contribution < 1.29 is 14.4 Å². The van der Waals surface area contributed by atoms with E-state index in [4.69, 9.17) is 0 Å². The van der Waals surface area contributed by atoms with Crippen LogP contribution in [0.25, 0.3) is 0 Å². The van der Waals surface area contributed by atoms with Gasteiger partial charge in [-0.2, -0.15) is 0 Å². The van der Waals surface area contributed by atoms with Gasteiger partial charge in [-0.1, -0.05) is 0 Å². The normalized spacial score (nSPS) is 23.6. The van der Waals surface area contributed by atoms with Crippen molar-refractivity contribution in [2.75, 3.05) is 31.1 Å². The molecule has 1 aromatic rings. The second-order valence-electron chi connectivity index (χ2n) is 5.95. The second-order valence-corrected chi connectivity index (χ2v) is 5.95. The van der Waals surface area contributed by atoms with Crippen molar-refractivity contribution in [2.24, 2.45) is 11.8 Å². The van der Waals surface area contributed by atoms with Gasteiger partial charge in [-0.25, -0.2) is 9.97 Å². The molecule has 3 amide bonds. The zero-order valence-electron chi connectivity index (χ0n) is 12.9. The Labute approximate surface area is 133 Å². The Hall–Kier alpha value is -2.51. The predicted molar refractivity (Wildman–Crippen MR) is 81.2 cm³/mol. The molecule has 0 aliphatic carbocycles. The minimum atomic E-state index is -0.235. The van der Waals surface area contributed by atoms with Crippen LogP contribution >= 0.6 is 0 Å². The summed E-state index contributed by atoms with van der Waals surface area (Å²) in [6, 6.07) is 0. The number of piperidine rings is 1. The smallest absolute Gasteiger partial charge is 0.241 e. The summed E-state index contributed by atoms with van der Waals surface area (Å²) in [5.74, 6) is -0.362. The zero-order valence-corrected chi connectivity index (χ0v) is 12.9. The first-order chi connectivity index (χ1) is 11.1. The van der Waals surface area contributed by atoms with E-state index >= 15 is 0 Å².